The molecule has 156 valence electrons. The molecule has 0 fully saturated rings. The van der Waals surface area contributed by atoms with Crippen LogP contribution in [0.3, 0.4) is 0 Å². The number of para-hydroxylation sites is 2. The number of carbonyl (C=O) groups is 2. The third-order valence-electron chi connectivity index (χ3n) is 4.29. The molecule has 0 heterocycles. The molecule has 0 bridgehead atoms. The van der Waals surface area contributed by atoms with Crippen LogP contribution >= 0.6 is 23.2 Å². The van der Waals surface area contributed by atoms with Crippen molar-refractivity contribution in [3.63, 3.8) is 0 Å². The van der Waals surface area contributed by atoms with Crippen LogP contribution < -0.4 is 14.8 Å². The number of hydrogen-bond acceptors (Lipinski definition) is 4. The summed E-state index contributed by atoms with van der Waals surface area (Å²) in [6, 6.07) is 11.3. The number of methoxy groups -OCH3 is 1. The van der Waals surface area contributed by atoms with Crippen molar-refractivity contribution >= 4 is 35.0 Å². The van der Waals surface area contributed by atoms with E-state index in [2.05, 4.69) is 5.32 Å². The summed E-state index contributed by atoms with van der Waals surface area (Å²) >= 11 is 12.2. The second-order valence-corrected chi connectivity index (χ2v) is 7.11. The van der Waals surface area contributed by atoms with E-state index in [4.69, 9.17) is 32.7 Å². The van der Waals surface area contributed by atoms with Gasteiger partial charge in [0, 0.05) is 23.1 Å². The summed E-state index contributed by atoms with van der Waals surface area (Å²) in [5.74, 6) is 0.340. The van der Waals surface area contributed by atoms with E-state index in [1.165, 1.54) is 12.0 Å². The topological polar surface area (TPSA) is 67.9 Å². The minimum absolute atomic E-state index is 0.141. The van der Waals surface area contributed by atoms with Crippen LogP contribution in [0.15, 0.2) is 42.5 Å². The molecule has 0 aromatic heterocycles. The van der Waals surface area contributed by atoms with Crippen molar-refractivity contribution in [2.75, 3.05) is 20.3 Å². The molecule has 1 atom stereocenters. The maximum atomic E-state index is 13.0. The monoisotopic (exact) mass is 438 g/mol. The number of hydrogen-bond donors (Lipinski definition) is 1. The summed E-state index contributed by atoms with van der Waals surface area (Å²) in [7, 11) is 1.52. The van der Waals surface area contributed by atoms with Gasteiger partial charge in [0.25, 0.3) is 5.91 Å². The van der Waals surface area contributed by atoms with E-state index in [1.54, 1.807) is 49.4 Å². The van der Waals surface area contributed by atoms with Crippen molar-refractivity contribution in [3.8, 4) is 11.5 Å². The Kier molecular flexibility index (Phi) is 8.61. The smallest absolute Gasteiger partial charge is 0.261 e. The lowest BCUT2D eigenvalue weighted by molar-refractivity contribution is -0.142. The van der Waals surface area contributed by atoms with E-state index in [9.17, 15) is 9.59 Å². The summed E-state index contributed by atoms with van der Waals surface area (Å²) in [6.45, 7) is 3.83. The Balaban J connectivity index is 2.21. The Bertz CT molecular complexity index is 860. The van der Waals surface area contributed by atoms with Crippen LogP contribution in [0.2, 0.25) is 10.0 Å². The summed E-state index contributed by atoms with van der Waals surface area (Å²) in [4.78, 5) is 26.8. The largest absolute Gasteiger partial charge is 0.493 e. The number of carbonyl (C=O) groups excluding carboxylic acids is 2. The highest BCUT2D eigenvalue weighted by Crippen LogP contribution is 2.26. The van der Waals surface area contributed by atoms with Gasteiger partial charge in [0.05, 0.1) is 7.11 Å². The van der Waals surface area contributed by atoms with E-state index in [1.807, 2.05) is 6.92 Å². The Hall–Kier alpha value is -2.44. The minimum Gasteiger partial charge on any atom is -0.493 e. The van der Waals surface area contributed by atoms with Gasteiger partial charge in [-0.3, -0.25) is 9.59 Å². The molecule has 0 aliphatic heterocycles. The van der Waals surface area contributed by atoms with Crippen LogP contribution in [0.1, 0.15) is 19.4 Å². The van der Waals surface area contributed by atoms with Gasteiger partial charge in [-0.05, 0) is 43.7 Å². The molecule has 2 aromatic carbocycles. The Morgan fingerprint density at radius 1 is 1.14 bits per heavy atom. The van der Waals surface area contributed by atoms with Gasteiger partial charge in [0.1, 0.15) is 6.04 Å². The third-order valence-corrected chi connectivity index (χ3v) is 4.88. The first-order chi connectivity index (χ1) is 13.9. The average molecular weight is 439 g/mol. The van der Waals surface area contributed by atoms with Crippen molar-refractivity contribution < 1.29 is 19.1 Å². The standard InChI is InChI=1S/C21H24Cl2N2O4/c1-4-24-21(27)14(2)25(12-15-9-10-16(22)11-17(15)23)20(26)13-29-19-8-6-5-7-18(19)28-3/h5-11,14H,4,12-13H2,1-3H3,(H,24,27)/t14-/m1/s1. The summed E-state index contributed by atoms with van der Waals surface area (Å²) < 4.78 is 10.9. The van der Waals surface area contributed by atoms with Crippen molar-refractivity contribution in [3.05, 3.63) is 58.1 Å². The normalized spacial score (nSPS) is 11.5. The number of halogens is 2. The van der Waals surface area contributed by atoms with Crippen LogP contribution in [-0.2, 0) is 16.1 Å². The molecule has 0 saturated carbocycles. The third kappa shape index (κ3) is 6.27. The minimum atomic E-state index is -0.713. The molecule has 2 aromatic rings. The van der Waals surface area contributed by atoms with E-state index >= 15 is 0 Å². The van der Waals surface area contributed by atoms with Crippen LogP contribution in [0, 0.1) is 0 Å². The first-order valence-corrected chi connectivity index (χ1v) is 9.89. The fraction of sp³-hybridized carbons (Fsp3) is 0.333. The molecule has 0 spiro atoms. The zero-order chi connectivity index (χ0) is 21.4. The molecule has 8 heteroatoms. The first-order valence-electron chi connectivity index (χ1n) is 9.14. The second-order valence-electron chi connectivity index (χ2n) is 6.27. The van der Waals surface area contributed by atoms with Gasteiger partial charge in [-0.25, -0.2) is 0 Å². The van der Waals surface area contributed by atoms with Gasteiger partial charge in [-0.15, -0.1) is 0 Å². The van der Waals surface area contributed by atoms with E-state index in [0.717, 1.165) is 0 Å². The first kappa shape index (κ1) is 22.8. The van der Waals surface area contributed by atoms with Gasteiger partial charge in [-0.2, -0.15) is 0 Å². The van der Waals surface area contributed by atoms with Crippen molar-refractivity contribution in [2.24, 2.45) is 0 Å². The molecule has 2 amide bonds. The second kappa shape index (κ2) is 10.9. The van der Waals surface area contributed by atoms with Crippen molar-refractivity contribution in [1.82, 2.24) is 10.2 Å². The van der Waals surface area contributed by atoms with Crippen LogP contribution in [0.5, 0.6) is 11.5 Å². The predicted octanol–water partition coefficient (Wildman–Crippen LogP) is 3.93. The van der Waals surface area contributed by atoms with Crippen molar-refractivity contribution in [1.29, 1.82) is 0 Å². The van der Waals surface area contributed by atoms with Gasteiger partial charge < -0.3 is 19.7 Å². The number of nitrogens with one attached hydrogen (secondary N) is 1. The molecule has 0 saturated heterocycles. The highest BCUT2D eigenvalue weighted by Gasteiger charge is 2.27. The molecule has 0 radical (unpaired) electrons. The summed E-state index contributed by atoms with van der Waals surface area (Å²) in [6.07, 6.45) is 0. The van der Waals surface area contributed by atoms with Crippen molar-refractivity contribution in [2.45, 2.75) is 26.4 Å². The molecule has 2 rings (SSSR count). The number of nitrogens with zero attached hydrogens (tertiary/aromatic N) is 1. The lowest BCUT2D eigenvalue weighted by atomic mass is 10.1. The lowest BCUT2D eigenvalue weighted by Crippen LogP contribution is -2.49. The quantitative estimate of drug-likeness (QED) is 0.643. The maximum absolute atomic E-state index is 13.0. The number of ether oxygens (including phenoxy) is 2. The fourth-order valence-electron chi connectivity index (χ4n) is 2.70. The molecule has 0 aliphatic rings. The highest BCUT2D eigenvalue weighted by molar-refractivity contribution is 6.35. The van der Waals surface area contributed by atoms with Gasteiger partial charge in [0.2, 0.25) is 5.91 Å². The van der Waals surface area contributed by atoms with Crippen LogP contribution in [0.4, 0.5) is 0 Å². The molecular weight excluding hydrogens is 415 g/mol. The number of rotatable bonds is 9. The van der Waals surface area contributed by atoms with E-state index < -0.39 is 6.04 Å². The molecule has 0 aliphatic carbocycles. The van der Waals surface area contributed by atoms with Gasteiger partial charge >= 0.3 is 0 Å². The molecule has 6 nitrogen and oxygen atoms in total. The molecule has 1 N–H and O–H groups in total. The Morgan fingerprint density at radius 3 is 2.45 bits per heavy atom. The Morgan fingerprint density at radius 2 is 1.83 bits per heavy atom. The predicted molar refractivity (Wildman–Crippen MR) is 114 cm³/mol. The molecule has 0 unspecified atom stereocenters. The zero-order valence-corrected chi connectivity index (χ0v) is 18.1. The van der Waals surface area contributed by atoms with Gasteiger partial charge in [-0.1, -0.05) is 41.4 Å². The van der Waals surface area contributed by atoms with Crippen LogP contribution in [-0.4, -0.2) is 43.0 Å². The fourth-order valence-corrected chi connectivity index (χ4v) is 3.17. The number of amides is 2. The van der Waals surface area contributed by atoms with Gasteiger partial charge in [0.15, 0.2) is 18.1 Å². The number of likely N-dealkylation sites (N-methyl/N-ethyl adjacent to an activating group) is 1. The average Bonchev–Trinajstić information content (AvgIpc) is 2.71. The maximum Gasteiger partial charge on any atom is 0.261 e. The Labute approximate surface area is 180 Å². The van der Waals surface area contributed by atoms with E-state index in [-0.39, 0.29) is 25.0 Å². The number of benzene rings is 2. The summed E-state index contributed by atoms with van der Waals surface area (Å²) in [5, 5.41) is 3.65. The molecular formula is C21H24Cl2N2O4. The van der Waals surface area contributed by atoms with E-state index in [0.29, 0.717) is 33.7 Å². The zero-order valence-electron chi connectivity index (χ0n) is 16.6. The SMILES string of the molecule is CCNC(=O)[C@@H](C)N(Cc1ccc(Cl)cc1Cl)C(=O)COc1ccccc1OC. The summed E-state index contributed by atoms with van der Waals surface area (Å²) in [5.41, 5.74) is 0.679. The van der Waals surface area contributed by atoms with Crippen LogP contribution in [0.25, 0.3) is 0 Å². The lowest BCUT2D eigenvalue weighted by Gasteiger charge is -2.29. The molecule has 29 heavy (non-hydrogen) atoms. The highest BCUT2D eigenvalue weighted by atomic mass is 35.5.